The molecule has 0 fully saturated rings. The number of ether oxygens (including phenoxy) is 2. The largest absolute Gasteiger partial charge is 0.493 e. The summed E-state index contributed by atoms with van der Waals surface area (Å²) in [4.78, 5) is 13.4. The number of benzene rings is 2. The highest BCUT2D eigenvalue weighted by Crippen LogP contribution is 2.35. The molecule has 3 nitrogen and oxygen atoms in total. The number of carbonyl (C=O) groups excluding carboxylic acids is 1. The molecule has 0 saturated carbocycles. The van der Waals surface area contributed by atoms with Crippen molar-refractivity contribution in [2.75, 3.05) is 20.3 Å². The third-order valence-corrected chi connectivity index (χ3v) is 6.40. The van der Waals surface area contributed by atoms with Gasteiger partial charge >= 0.3 is 0 Å². The number of fused-ring (bicyclic) bond motifs is 1. The van der Waals surface area contributed by atoms with E-state index >= 15 is 0 Å². The summed E-state index contributed by atoms with van der Waals surface area (Å²) < 4.78 is 11.6. The smallest absolute Gasteiger partial charge is 0.169 e. The Labute approximate surface area is 202 Å². The van der Waals surface area contributed by atoms with Gasteiger partial charge in [-0.25, -0.2) is 0 Å². The monoisotopic (exact) mass is 500 g/mol. The van der Waals surface area contributed by atoms with E-state index in [-0.39, 0.29) is 11.7 Å². The van der Waals surface area contributed by atoms with Crippen molar-refractivity contribution >= 4 is 27.3 Å². The molecule has 0 aliphatic carbocycles. The van der Waals surface area contributed by atoms with Gasteiger partial charge in [0.2, 0.25) is 0 Å². The van der Waals surface area contributed by atoms with Crippen LogP contribution in [0.2, 0.25) is 0 Å². The van der Waals surface area contributed by atoms with Gasteiger partial charge in [-0.15, -0.1) is 0 Å². The van der Waals surface area contributed by atoms with E-state index in [2.05, 4.69) is 67.9 Å². The van der Waals surface area contributed by atoms with E-state index in [0.29, 0.717) is 12.5 Å². The van der Waals surface area contributed by atoms with Crippen LogP contribution in [0, 0.1) is 12.8 Å². The molecule has 174 valence electrons. The summed E-state index contributed by atoms with van der Waals surface area (Å²) in [5.41, 5.74) is 5.41. The first kappa shape index (κ1) is 26.3. The van der Waals surface area contributed by atoms with Crippen LogP contribution in [-0.2, 0) is 16.0 Å². The molecule has 2 aromatic carbocycles. The molecule has 1 aliphatic rings. The maximum atomic E-state index is 13.4. The fraction of sp³-hybridized carbons (Fsp3) is 0.464. The van der Waals surface area contributed by atoms with Gasteiger partial charge in [0, 0.05) is 23.8 Å². The highest BCUT2D eigenvalue weighted by atomic mass is 79.9. The summed E-state index contributed by atoms with van der Waals surface area (Å²) in [5, 5.41) is 0. The summed E-state index contributed by atoms with van der Waals surface area (Å²) in [5.74, 6) is 1.34. The van der Waals surface area contributed by atoms with E-state index in [1.807, 2.05) is 25.1 Å². The standard InChI is InChI=1S/C24H27BrO2.C4H10O/c1-5-16(4)22-13-19(25)8-9-21(22)20(6-2)24(26)18-12-17-11-15(3)7-10-23(17)27-14-18;1-3-4-5-2/h6-11,13,16,18H,5,12,14H2,1-4H3;3-4H2,1-2H3/b20-6+;. The van der Waals surface area contributed by atoms with E-state index < -0.39 is 0 Å². The van der Waals surface area contributed by atoms with Crippen molar-refractivity contribution in [1.29, 1.82) is 0 Å². The Hall–Kier alpha value is -1.91. The van der Waals surface area contributed by atoms with Crippen LogP contribution in [0.1, 0.15) is 68.7 Å². The Balaban J connectivity index is 0.000000654. The first-order chi connectivity index (χ1) is 15.4. The Bertz CT molecular complexity index is 930. The van der Waals surface area contributed by atoms with Crippen LogP contribution in [0.5, 0.6) is 5.75 Å². The van der Waals surface area contributed by atoms with E-state index in [1.54, 1.807) is 7.11 Å². The molecule has 2 atom stereocenters. The molecule has 0 bridgehead atoms. The maximum Gasteiger partial charge on any atom is 0.169 e. The van der Waals surface area contributed by atoms with Gasteiger partial charge in [-0.1, -0.05) is 66.5 Å². The number of hydrogen-bond donors (Lipinski definition) is 0. The summed E-state index contributed by atoms with van der Waals surface area (Å²) in [6.07, 6.45) is 4.86. The van der Waals surface area contributed by atoms with Crippen molar-refractivity contribution in [3.63, 3.8) is 0 Å². The van der Waals surface area contributed by atoms with Crippen LogP contribution in [0.25, 0.3) is 5.57 Å². The van der Waals surface area contributed by atoms with Gasteiger partial charge in [-0.3, -0.25) is 4.79 Å². The van der Waals surface area contributed by atoms with Gasteiger partial charge in [0.25, 0.3) is 0 Å². The lowest BCUT2D eigenvalue weighted by molar-refractivity contribution is -0.118. The van der Waals surface area contributed by atoms with Gasteiger partial charge in [0.05, 0.1) is 12.5 Å². The molecule has 0 saturated heterocycles. The molecular weight excluding hydrogens is 464 g/mol. The van der Waals surface area contributed by atoms with Gasteiger partial charge in [0.1, 0.15) is 5.75 Å². The fourth-order valence-electron chi connectivity index (χ4n) is 3.95. The molecule has 4 heteroatoms. The zero-order chi connectivity index (χ0) is 23.7. The lowest BCUT2D eigenvalue weighted by Gasteiger charge is -2.26. The first-order valence-electron chi connectivity index (χ1n) is 11.6. The Morgan fingerprint density at radius 2 is 2.00 bits per heavy atom. The number of aryl methyl sites for hydroxylation is 1. The van der Waals surface area contributed by atoms with Gasteiger partial charge in [-0.05, 0) is 73.9 Å². The number of allylic oxidation sites excluding steroid dienone is 2. The Morgan fingerprint density at radius 3 is 2.59 bits per heavy atom. The molecule has 0 N–H and O–H groups in total. The number of methoxy groups -OCH3 is 1. The maximum absolute atomic E-state index is 13.4. The highest BCUT2D eigenvalue weighted by molar-refractivity contribution is 9.10. The van der Waals surface area contributed by atoms with Crippen molar-refractivity contribution in [2.45, 2.75) is 59.8 Å². The minimum absolute atomic E-state index is 0.140. The zero-order valence-corrected chi connectivity index (χ0v) is 21.9. The summed E-state index contributed by atoms with van der Waals surface area (Å²) in [7, 11) is 1.71. The molecule has 1 aliphatic heterocycles. The van der Waals surface area contributed by atoms with Crippen molar-refractivity contribution in [2.24, 2.45) is 5.92 Å². The lowest BCUT2D eigenvalue weighted by Crippen LogP contribution is -2.29. The second kappa shape index (κ2) is 13.0. The SMILES string of the molecule is C/C=C(/C(=O)C1COc2ccc(C)cc2C1)c1ccc(Br)cc1C(C)CC.CCCOC. The van der Waals surface area contributed by atoms with Gasteiger partial charge in [0.15, 0.2) is 5.78 Å². The average Bonchev–Trinajstić information content (AvgIpc) is 2.80. The van der Waals surface area contributed by atoms with E-state index in [9.17, 15) is 4.79 Å². The van der Waals surface area contributed by atoms with Crippen LogP contribution < -0.4 is 4.74 Å². The van der Waals surface area contributed by atoms with E-state index in [1.165, 1.54) is 11.1 Å². The number of halogens is 1. The predicted molar refractivity (Wildman–Crippen MR) is 138 cm³/mol. The van der Waals surface area contributed by atoms with Gasteiger partial charge < -0.3 is 9.47 Å². The summed E-state index contributed by atoms with van der Waals surface area (Å²) in [6, 6.07) is 12.4. The second-order valence-electron chi connectivity index (χ2n) is 8.42. The molecule has 0 radical (unpaired) electrons. The minimum Gasteiger partial charge on any atom is -0.493 e. The van der Waals surface area contributed by atoms with Crippen LogP contribution in [-0.4, -0.2) is 26.1 Å². The summed E-state index contributed by atoms with van der Waals surface area (Å²) in [6.45, 7) is 11.8. The summed E-state index contributed by atoms with van der Waals surface area (Å²) >= 11 is 3.58. The molecule has 1 heterocycles. The lowest BCUT2D eigenvalue weighted by atomic mass is 9.83. The molecule has 32 heavy (non-hydrogen) atoms. The molecule has 3 rings (SSSR count). The Morgan fingerprint density at radius 1 is 1.25 bits per heavy atom. The molecule has 0 amide bonds. The van der Waals surface area contributed by atoms with Crippen LogP contribution >= 0.6 is 15.9 Å². The highest BCUT2D eigenvalue weighted by Gasteiger charge is 2.29. The zero-order valence-electron chi connectivity index (χ0n) is 20.3. The van der Waals surface area contributed by atoms with Crippen LogP contribution in [0.15, 0.2) is 46.9 Å². The third kappa shape index (κ3) is 6.79. The topological polar surface area (TPSA) is 35.5 Å². The van der Waals surface area contributed by atoms with Gasteiger partial charge in [-0.2, -0.15) is 0 Å². The van der Waals surface area contributed by atoms with Crippen molar-refractivity contribution < 1.29 is 14.3 Å². The number of ketones is 1. The molecule has 0 aromatic heterocycles. The minimum atomic E-state index is -0.140. The molecular formula is C28H37BrO3. The van der Waals surface area contributed by atoms with Crippen LogP contribution in [0.3, 0.4) is 0 Å². The van der Waals surface area contributed by atoms with E-state index in [0.717, 1.165) is 52.8 Å². The molecule has 2 unspecified atom stereocenters. The normalized spacial score (nSPS) is 16.3. The molecule has 0 spiro atoms. The number of rotatable bonds is 7. The third-order valence-electron chi connectivity index (χ3n) is 5.90. The number of Topliss-reactive ketones (excluding diaryl/α,β-unsaturated/α-hetero) is 1. The quantitative estimate of drug-likeness (QED) is 0.368. The molecule has 2 aromatic rings. The van der Waals surface area contributed by atoms with Crippen LogP contribution in [0.4, 0.5) is 0 Å². The second-order valence-corrected chi connectivity index (χ2v) is 9.34. The Kier molecular flexibility index (Phi) is 10.7. The van der Waals surface area contributed by atoms with Crippen molar-refractivity contribution in [1.82, 2.24) is 0 Å². The predicted octanol–water partition coefficient (Wildman–Crippen LogP) is 7.54. The number of carbonyl (C=O) groups is 1. The average molecular weight is 502 g/mol. The number of hydrogen-bond acceptors (Lipinski definition) is 3. The van der Waals surface area contributed by atoms with Crippen molar-refractivity contribution in [3.8, 4) is 5.75 Å². The van der Waals surface area contributed by atoms with E-state index in [4.69, 9.17) is 9.47 Å². The fourth-order valence-corrected chi connectivity index (χ4v) is 4.33. The first-order valence-corrected chi connectivity index (χ1v) is 12.4. The van der Waals surface area contributed by atoms with Crippen molar-refractivity contribution in [3.05, 3.63) is 69.2 Å².